The summed E-state index contributed by atoms with van der Waals surface area (Å²) in [5.41, 5.74) is -2.28. The second-order valence-corrected chi connectivity index (χ2v) is 10.1. The molecular weight excluding hydrogens is 609 g/mol. The van der Waals surface area contributed by atoms with Crippen LogP contribution < -0.4 is 16.0 Å². The van der Waals surface area contributed by atoms with Crippen molar-refractivity contribution in [3.8, 4) is 0 Å². The number of ether oxygens (including phenoxy) is 3. The maximum atomic E-state index is 13.9. The van der Waals surface area contributed by atoms with Crippen molar-refractivity contribution in [1.29, 1.82) is 5.41 Å². The summed E-state index contributed by atoms with van der Waals surface area (Å²) in [7, 11) is 0. The first-order valence-electron chi connectivity index (χ1n) is 14.3. The summed E-state index contributed by atoms with van der Waals surface area (Å²) in [6.45, 7) is 1.49. The molecule has 0 saturated carbocycles. The fourth-order valence-electron chi connectivity index (χ4n) is 4.00. The van der Waals surface area contributed by atoms with Gasteiger partial charge in [0.15, 0.2) is 0 Å². The van der Waals surface area contributed by atoms with Crippen molar-refractivity contribution in [2.75, 3.05) is 11.9 Å². The van der Waals surface area contributed by atoms with Gasteiger partial charge in [0.25, 0.3) is 0 Å². The Hall–Kier alpha value is -5.11. The normalized spacial score (nSPS) is 12.3. The minimum atomic E-state index is -5.28. The molecule has 0 heterocycles. The Balaban J connectivity index is 1.75. The number of alkyl halides is 3. The second kappa shape index (κ2) is 16.8. The first kappa shape index (κ1) is 35.4. The van der Waals surface area contributed by atoms with E-state index in [0.29, 0.717) is 18.4 Å². The monoisotopic (exact) mass is 644 g/mol. The molecule has 46 heavy (non-hydrogen) atoms. The number of aliphatic hydroxyl groups is 1. The molecular formula is C32H35F3N4O7. The lowest BCUT2D eigenvalue weighted by molar-refractivity contribution is -0.271. The standard InChI is InChI=1S/C32H35F3N4O7/c1-2-3-18-44-30(42)39-31(43,32(33,34)35)17-16-24-14-15-25(19-26(24)27(40)45-20-22-10-6-4-7-11-22)37-28(36)38-29(41)46-21-23-12-8-5-9-13-23/h4-15,19,43H,2-3,16-18,20-21H2,1H3,(H,39,42)(H3,36,37,38,41). The Morgan fingerprint density at radius 1 is 0.848 bits per heavy atom. The smallest absolute Gasteiger partial charge is 0.436 e. The van der Waals surface area contributed by atoms with E-state index in [0.717, 1.165) is 5.56 Å². The molecule has 0 saturated heterocycles. The third-order valence-corrected chi connectivity index (χ3v) is 6.52. The average Bonchev–Trinajstić information content (AvgIpc) is 3.02. The largest absolute Gasteiger partial charge is 0.457 e. The van der Waals surface area contributed by atoms with Gasteiger partial charge in [0.1, 0.15) is 13.2 Å². The molecule has 0 bridgehead atoms. The molecule has 3 rings (SSSR count). The number of guanidine groups is 1. The molecule has 0 aliphatic rings. The second-order valence-electron chi connectivity index (χ2n) is 10.1. The number of nitrogens with one attached hydrogen (secondary N) is 4. The van der Waals surface area contributed by atoms with Crippen molar-refractivity contribution < 1.29 is 46.9 Å². The number of unbranched alkanes of at least 4 members (excludes halogenated alkanes) is 1. The highest BCUT2D eigenvalue weighted by atomic mass is 19.4. The lowest BCUT2D eigenvalue weighted by atomic mass is 9.97. The summed E-state index contributed by atoms with van der Waals surface area (Å²) in [5.74, 6) is -1.40. The first-order chi connectivity index (χ1) is 21.9. The predicted molar refractivity (Wildman–Crippen MR) is 162 cm³/mol. The van der Waals surface area contributed by atoms with Crippen molar-refractivity contribution in [3.05, 3.63) is 101 Å². The van der Waals surface area contributed by atoms with Crippen LogP contribution >= 0.6 is 0 Å². The molecule has 0 aliphatic heterocycles. The van der Waals surface area contributed by atoms with Gasteiger partial charge in [-0.25, -0.2) is 14.4 Å². The minimum absolute atomic E-state index is 0.0400. The molecule has 11 nitrogen and oxygen atoms in total. The van der Waals surface area contributed by atoms with Crippen LogP contribution in [0.4, 0.5) is 28.4 Å². The fourth-order valence-corrected chi connectivity index (χ4v) is 4.00. The lowest BCUT2D eigenvalue weighted by Crippen LogP contribution is -2.59. The van der Waals surface area contributed by atoms with E-state index in [-0.39, 0.29) is 36.6 Å². The number of hydrogen-bond acceptors (Lipinski definition) is 8. The van der Waals surface area contributed by atoms with E-state index in [1.165, 1.54) is 23.5 Å². The summed E-state index contributed by atoms with van der Waals surface area (Å²) in [5, 5.41) is 24.8. The van der Waals surface area contributed by atoms with Gasteiger partial charge in [0, 0.05) is 12.1 Å². The summed E-state index contributed by atoms with van der Waals surface area (Å²) in [4.78, 5) is 37.3. The number of aryl methyl sites for hydroxylation is 1. The molecule has 5 N–H and O–H groups in total. The van der Waals surface area contributed by atoms with Crippen LogP contribution in [0, 0.1) is 5.41 Å². The number of halogens is 3. The van der Waals surface area contributed by atoms with Gasteiger partial charge in [-0.1, -0.05) is 80.1 Å². The highest BCUT2D eigenvalue weighted by Gasteiger charge is 2.55. The molecule has 246 valence electrons. The van der Waals surface area contributed by atoms with Crippen LogP contribution in [-0.2, 0) is 33.8 Å². The van der Waals surface area contributed by atoms with Crippen molar-refractivity contribution in [1.82, 2.24) is 10.6 Å². The number of carbonyl (C=O) groups excluding carboxylic acids is 3. The van der Waals surface area contributed by atoms with Gasteiger partial charge in [0.2, 0.25) is 11.7 Å². The minimum Gasteiger partial charge on any atom is -0.457 e. The third-order valence-electron chi connectivity index (χ3n) is 6.52. The van der Waals surface area contributed by atoms with E-state index >= 15 is 0 Å². The fraction of sp³-hybridized carbons (Fsp3) is 0.312. The van der Waals surface area contributed by atoms with E-state index in [2.05, 4.69) is 10.6 Å². The van der Waals surface area contributed by atoms with E-state index in [1.54, 1.807) is 67.6 Å². The number of benzene rings is 3. The number of hydrogen-bond donors (Lipinski definition) is 5. The first-order valence-corrected chi connectivity index (χ1v) is 14.3. The van der Waals surface area contributed by atoms with Crippen molar-refractivity contribution in [2.45, 2.75) is 57.7 Å². The summed E-state index contributed by atoms with van der Waals surface area (Å²) < 4.78 is 56.9. The highest BCUT2D eigenvalue weighted by molar-refractivity contribution is 6.01. The van der Waals surface area contributed by atoms with Gasteiger partial charge in [0.05, 0.1) is 12.2 Å². The van der Waals surface area contributed by atoms with Crippen LogP contribution in [-0.4, -0.2) is 47.7 Å². The lowest BCUT2D eigenvalue weighted by Gasteiger charge is -2.31. The molecule has 1 unspecified atom stereocenters. The Kier molecular flexibility index (Phi) is 12.9. The van der Waals surface area contributed by atoms with E-state index in [9.17, 15) is 32.7 Å². The van der Waals surface area contributed by atoms with Crippen LogP contribution in [0.3, 0.4) is 0 Å². The Labute approximate surface area is 263 Å². The zero-order chi connectivity index (χ0) is 33.6. The molecule has 0 aliphatic carbocycles. The molecule has 1 atom stereocenters. The van der Waals surface area contributed by atoms with Crippen LogP contribution in [0.2, 0.25) is 0 Å². The van der Waals surface area contributed by atoms with Crippen LogP contribution in [0.25, 0.3) is 0 Å². The summed E-state index contributed by atoms with van der Waals surface area (Å²) >= 11 is 0. The quantitative estimate of drug-likeness (QED) is 0.0377. The molecule has 0 spiro atoms. The number of carbonyl (C=O) groups is 3. The highest BCUT2D eigenvalue weighted by Crippen LogP contribution is 2.33. The Morgan fingerprint density at radius 2 is 1.46 bits per heavy atom. The molecule has 0 aromatic heterocycles. The molecule has 14 heteroatoms. The van der Waals surface area contributed by atoms with Gasteiger partial charge in [-0.15, -0.1) is 0 Å². The van der Waals surface area contributed by atoms with Crippen LogP contribution in [0.15, 0.2) is 78.9 Å². The number of rotatable bonds is 13. The van der Waals surface area contributed by atoms with Crippen molar-refractivity contribution in [2.24, 2.45) is 0 Å². The van der Waals surface area contributed by atoms with E-state index < -0.39 is 48.9 Å². The molecule has 3 aromatic carbocycles. The number of amides is 2. The average molecular weight is 645 g/mol. The topological polar surface area (TPSA) is 159 Å². The van der Waals surface area contributed by atoms with Crippen LogP contribution in [0.5, 0.6) is 0 Å². The maximum Gasteiger partial charge on any atom is 0.436 e. The Morgan fingerprint density at radius 3 is 2.04 bits per heavy atom. The molecule has 2 amide bonds. The molecule has 0 fully saturated rings. The van der Waals surface area contributed by atoms with Gasteiger partial charge in [-0.3, -0.25) is 16.0 Å². The molecule has 0 radical (unpaired) electrons. The zero-order valence-corrected chi connectivity index (χ0v) is 25.0. The summed E-state index contributed by atoms with van der Waals surface area (Å²) in [6, 6.07) is 21.4. The Bertz CT molecular complexity index is 1470. The summed E-state index contributed by atoms with van der Waals surface area (Å²) in [6.07, 6.45) is -8.16. The van der Waals surface area contributed by atoms with E-state index in [4.69, 9.17) is 19.6 Å². The molecule has 3 aromatic rings. The van der Waals surface area contributed by atoms with E-state index in [1.807, 2.05) is 0 Å². The van der Waals surface area contributed by atoms with Gasteiger partial charge in [-0.05, 0) is 41.7 Å². The SMILES string of the molecule is CCCCOC(=O)NC(O)(CCc1ccc(NC(=N)NC(=O)OCc2ccccc2)cc1C(=O)OCc1ccccc1)C(F)(F)F. The van der Waals surface area contributed by atoms with Crippen LogP contribution in [0.1, 0.15) is 53.2 Å². The zero-order valence-electron chi connectivity index (χ0n) is 25.0. The number of anilines is 1. The number of esters is 1. The third kappa shape index (κ3) is 11.1. The van der Waals surface area contributed by atoms with Gasteiger partial charge in [-0.2, -0.15) is 13.2 Å². The maximum absolute atomic E-state index is 13.9. The van der Waals surface area contributed by atoms with Crippen molar-refractivity contribution >= 4 is 29.8 Å². The van der Waals surface area contributed by atoms with Crippen molar-refractivity contribution in [3.63, 3.8) is 0 Å². The number of alkyl carbamates (subject to hydrolysis) is 2. The van der Waals surface area contributed by atoms with Gasteiger partial charge >= 0.3 is 24.3 Å². The predicted octanol–water partition coefficient (Wildman–Crippen LogP) is 6.03. The van der Waals surface area contributed by atoms with Gasteiger partial charge < -0.3 is 24.6 Å².